The molecule has 2 aromatic rings. The van der Waals surface area contributed by atoms with Crippen molar-refractivity contribution in [3.8, 4) is 0 Å². The van der Waals surface area contributed by atoms with E-state index in [1.807, 2.05) is 20.8 Å². The van der Waals surface area contributed by atoms with Crippen molar-refractivity contribution in [1.82, 2.24) is 4.98 Å². The van der Waals surface area contributed by atoms with Crippen LogP contribution in [-0.2, 0) is 12.0 Å². The van der Waals surface area contributed by atoms with Gasteiger partial charge in [0.25, 0.3) is 0 Å². The van der Waals surface area contributed by atoms with E-state index in [4.69, 9.17) is 0 Å². The zero-order chi connectivity index (χ0) is 14.9. The lowest BCUT2D eigenvalue weighted by molar-refractivity contribution is 0.547. The molecule has 0 aliphatic heterocycles. The van der Waals surface area contributed by atoms with Gasteiger partial charge in [-0.2, -0.15) is 0 Å². The number of halogens is 3. The molecule has 0 amide bonds. The number of rotatable bonds is 3. The van der Waals surface area contributed by atoms with Crippen molar-refractivity contribution < 1.29 is 13.2 Å². The van der Waals surface area contributed by atoms with E-state index < -0.39 is 17.5 Å². The standard InChI is InChI=1S/C14H15F3N2S/c1-14(2,3)13-19-7-9(20-13)6-18-12-10(16)4-8(15)5-11(12)17/h4-5,7,18H,6H2,1-3H3. The van der Waals surface area contributed by atoms with Crippen molar-refractivity contribution in [2.24, 2.45) is 0 Å². The first-order valence-electron chi connectivity index (χ1n) is 6.11. The van der Waals surface area contributed by atoms with E-state index in [0.717, 1.165) is 9.88 Å². The molecule has 108 valence electrons. The highest BCUT2D eigenvalue weighted by Gasteiger charge is 2.18. The van der Waals surface area contributed by atoms with Gasteiger partial charge < -0.3 is 5.32 Å². The molecule has 0 radical (unpaired) electrons. The summed E-state index contributed by atoms with van der Waals surface area (Å²) in [7, 11) is 0. The van der Waals surface area contributed by atoms with E-state index in [1.165, 1.54) is 11.3 Å². The maximum Gasteiger partial charge on any atom is 0.152 e. The summed E-state index contributed by atoms with van der Waals surface area (Å²) in [4.78, 5) is 5.15. The average molecular weight is 300 g/mol. The van der Waals surface area contributed by atoms with Crippen LogP contribution in [0.3, 0.4) is 0 Å². The molecule has 1 aromatic carbocycles. The summed E-state index contributed by atoms with van der Waals surface area (Å²) in [6.07, 6.45) is 1.68. The molecule has 0 saturated carbocycles. The molecule has 0 bridgehead atoms. The van der Waals surface area contributed by atoms with E-state index in [-0.39, 0.29) is 17.6 Å². The predicted octanol–water partition coefficient (Wildman–Crippen LogP) is 4.47. The first-order valence-corrected chi connectivity index (χ1v) is 6.92. The van der Waals surface area contributed by atoms with Crippen LogP contribution in [-0.4, -0.2) is 4.98 Å². The minimum absolute atomic E-state index is 0.0602. The average Bonchev–Trinajstić information content (AvgIpc) is 2.75. The lowest BCUT2D eigenvalue weighted by Gasteiger charge is -2.13. The highest BCUT2D eigenvalue weighted by molar-refractivity contribution is 7.11. The molecule has 1 N–H and O–H groups in total. The van der Waals surface area contributed by atoms with Crippen molar-refractivity contribution in [2.75, 3.05) is 5.32 Å². The summed E-state index contributed by atoms with van der Waals surface area (Å²) < 4.78 is 39.7. The number of hydrogen-bond acceptors (Lipinski definition) is 3. The number of anilines is 1. The fourth-order valence-electron chi connectivity index (χ4n) is 1.62. The van der Waals surface area contributed by atoms with Crippen LogP contribution in [0.1, 0.15) is 30.7 Å². The van der Waals surface area contributed by atoms with Gasteiger partial charge in [-0.15, -0.1) is 11.3 Å². The number of nitrogens with one attached hydrogen (secondary N) is 1. The highest BCUT2D eigenvalue weighted by Crippen LogP contribution is 2.28. The van der Waals surface area contributed by atoms with Crippen LogP contribution in [0.2, 0.25) is 0 Å². The van der Waals surface area contributed by atoms with Crippen LogP contribution >= 0.6 is 11.3 Å². The van der Waals surface area contributed by atoms with Crippen LogP contribution in [0.25, 0.3) is 0 Å². The van der Waals surface area contributed by atoms with E-state index in [0.29, 0.717) is 12.1 Å². The Morgan fingerprint density at radius 3 is 2.25 bits per heavy atom. The minimum atomic E-state index is -0.942. The third kappa shape index (κ3) is 3.30. The maximum atomic E-state index is 13.5. The Hall–Kier alpha value is -1.56. The first kappa shape index (κ1) is 14.8. The van der Waals surface area contributed by atoms with Gasteiger partial charge in [0.1, 0.15) is 11.5 Å². The van der Waals surface area contributed by atoms with E-state index in [1.54, 1.807) is 6.20 Å². The van der Waals surface area contributed by atoms with Crippen LogP contribution in [0.4, 0.5) is 18.9 Å². The van der Waals surface area contributed by atoms with E-state index in [2.05, 4.69) is 10.3 Å². The Morgan fingerprint density at radius 2 is 1.75 bits per heavy atom. The zero-order valence-corrected chi connectivity index (χ0v) is 12.2. The Morgan fingerprint density at radius 1 is 1.15 bits per heavy atom. The van der Waals surface area contributed by atoms with E-state index >= 15 is 0 Å². The molecular formula is C14H15F3N2S. The maximum absolute atomic E-state index is 13.5. The summed E-state index contributed by atoms with van der Waals surface area (Å²) in [6, 6.07) is 1.30. The van der Waals surface area contributed by atoms with Crippen LogP contribution in [0.5, 0.6) is 0 Å². The Labute approximate surface area is 119 Å². The fraction of sp³-hybridized carbons (Fsp3) is 0.357. The second-order valence-electron chi connectivity index (χ2n) is 5.48. The van der Waals surface area contributed by atoms with E-state index in [9.17, 15) is 13.2 Å². The summed E-state index contributed by atoms with van der Waals surface area (Å²) in [5.41, 5.74) is -0.382. The molecule has 0 aliphatic carbocycles. The molecule has 0 fully saturated rings. The number of hydrogen-bond donors (Lipinski definition) is 1. The third-order valence-electron chi connectivity index (χ3n) is 2.64. The second-order valence-corrected chi connectivity index (χ2v) is 6.59. The van der Waals surface area contributed by atoms with Crippen LogP contribution < -0.4 is 5.32 Å². The fourth-order valence-corrected chi connectivity index (χ4v) is 2.53. The monoisotopic (exact) mass is 300 g/mol. The Bertz CT molecular complexity index is 594. The second kappa shape index (κ2) is 5.44. The smallest absolute Gasteiger partial charge is 0.152 e. The molecule has 1 aromatic heterocycles. The Balaban J connectivity index is 2.12. The van der Waals surface area contributed by atoms with Crippen molar-refractivity contribution in [1.29, 1.82) is 0 Å². The molecule has 0 saturated heterocycles. The largest absolute Gasteiger partial charge is 0.375 e. The lowest BCUT2D eigenvalue weighted by Crippen LogP contribution is -2.09. The molecule has 0 spiro atoms. The van der Waals surface area contributed by atoms with Gasteiger partial charge in [0, 0.05) is 28.6 Å². The quantitative estimate of drug-likeness (QED) is 0.904. The van der Waals surface area contributed by atoms with Crippen molar-refractivity contribution >= 4 is 17.0 Å². The van der Waals surface area contributed by atoms with Crippen molar-refractivity contribution in [2.45, 2.75) is 32.7 Å². The van der Waals surface area contributed by atoms with Gasteiger partial charge in [0.15, 0.2) is 11.6 Å². The number of benzene rings is 1. The van der Waals surface area contributed by atoms with Gasteiger partial charge in [-0.1, -0.05) is 20.8 Å². The molecule has 1 heterocycles. The summed E-state index contributed by atoms with van der Waals surface area (Å²) >= 11 is 1.48. The molecule has 2 rings (SSSR count). The number of nitrogens with zero attached hydrogens (tertiary/aromatic N) is 1. The molecule has 0 aliphatic rings. The molecule has 0 atom stereocenters. The van der Waals surface area contributed by atoms with Gasteiger partial charge in [-0.05, 0) is 0 Å². The summed E-state index contributed by atoms with van der Waals surface area (Å²) in [5.74, 6) is -2.82. The zero-order valence-electron chi connectivity index (χ0n) is 11.4. The normalized spacial score (nSPS) is 11.7. The van der Waals surface area contributed by atoms with Crippen molar-refractivity contribution in [3.05, 3.63) is 45.7 Å². The first-order chi connectivity index (χ1) is 9.27. The molecule has 0 unspecified atom stereocenters. The SMILES string of the molecule is CC(C)(C)c1ncc(CNc2c(F)cc(F)cc2F)s1. The van der Waals surface area contributed by atoms with Crippen LogP contribution in [0.15, 0.2) is 18.3 Å². The Kier molecular flexibility index (Phi) is 4.04. The van der Waals surface area contributed by atoms with Gasteiger partial charge in [-0.3, -0.25) is 0 Å². The number of aromatic nitrogens is 1. The molecule has 20 heavy (non-hydrogen) atoms. The lowest BCUT2D eigenvalue weighted by atomic mass is 9.98. The number of thiazole rings is 1. The van der Waals surface area contributed by atoms with Crippen molar-refractivity contribution in [3.63, 3.8) is 0 Å². The minimum Gasteiger partial charge on any atom is -0.375 e. The predicted molar refractivity (Wildman–Crippen MR) is 74.5 cm³/mol. The topological polar surface area (TPSA) is 24.9 Å². The van der Waals surface area contributed by atoms with Gasteiger partial charge in [0.05, 0.1) is 11.6 Å². The summed E-state index contributed by atoms with van der Waals surface area (Å²) in [5, 5.41) is 3.60. The molecule has 6 heteroatoms. The third-order valence-corrected chi connectivity index (χ3v) is 4.06. The highest BCUT2D eigenvalue weighted by atomic mass is 32.1. The van der Waals surface area contributed by atoms with Gasteiger partial charge in [-0.25, -0.2) is 18.2 Å². The van der Waals surface area contributed by atoms with Crippen LogP contribution in [0, 0.1) is 17.5 Å². The molecule has 2 nitrogen and oxygen atoms in total. The molecular weight excluding hydrogens is 285 g/mol. The van der Waals surface area contributed by atoms with Gasteiger partial charge >= 0.3 is 0 Å². The summed E-state index contributed by atoms with van der Waals surface area (Å²) in [6.45, 7) is 6.38. The van der Waals surface area contributed by atoms with Gasteiger partial charge in [0.2, 0.25) is 0 Å².